The normalized spacial score (nSPS) is 11.9. The van der Waals surface area contributed by atoms with E-state index in [0.29, 0.717) is 45.4 Å². The van der Waals surface area contributed by atoms with Gasteiger partial charge in [-0.15, -0.1) is 0 Å². The zero-order valence-electron chi connectivity index (χ0n) is 20.4. The first kappa shape index (κ1) is 23.1. The van der Waals surface area contributed by atoms with Gasteiger partial charge in [0.05, 0.1) is 36.6 Å². The van der Waals surface area contributed by atoms with Crippen LogP contribution >= 0.6 is 0 Å². The number of carbonyl (C=O) groups excluding carboxylic acids is 1. The number of aryl methyl sites for hydroxylation is 2. The second-order valence-electron chi connectivity index (χ2n) is 8.32. The summed E-state index contributed by atoms with van der Waals surface area (Å²) in [4.78, 5) is 23.0. The van der Waals surface area contributed by atoms with Crippen LogP contribution in [0, 0.1) is 6.92 Å². The summed E-state index contributed by atoms with van der Waals surface area (Å²) in [6.45, 7) is 1.79. The van der Waals surface area contributed by atoms with Crippen LogP contribution in [0.5, 0.6) is 11.5 Å². The molecule has 182 valence electrons. The van der Waals surface area contributed by atoms with Crippen molar-refractivity contribution in [3.8, 4) is 22.8 Å². The molecule has 1 N–H and O–H groups in total. The van der Waals surface area contributed by atoms with Crippen LogP contribution in [0.4, 0.5) is 0 Å². The second-order valence-corrected chi connectivity index (χ2v) is 8.32. The summed E-state index contributed by atoms with van der Waals surface area (Å²) in [5.41, 5.74) is 3.52. The number of methoxy groups -OCH3 is 2. The van der Waals surface area contributed by atoms with Crippen LogP contribution in [0.15, 0.2) is 71.5 Å². The lowest BCUT2D eigenvalue weighted by molar-refractivity contribution is 0.0942. The zero-order chi connectivity index (χ0) is 25.2. The quantitative estimate of drug-likeness (QED) is 0.364. The number of carbonyl (C=O) groups is 1. The number of hydrogen-bond acceptors (Lipinski definition) is 7. The topological polar surface area (TPSA) is 104 Å². The fourth-order valence-corrected chi connectivity index (χ4v) is 4.19. The summed E-state index contributed by atoms with van der Waals surface area (Å²) in [6, 6.07) is 16.3. The molecule has 0 aliphatic heterocycles. The number of benzene rings is 2. The first-order valence-electron chi connectivity index (χ1n) is 11.3. The number of nitrogens with one attached hydrogen (secondary N) is 1. The number of rotatable bonds is 7. The Hall–Kier alpha value is -4.66. The number of ether oxygens (including phenoxy) is 2. The Morgan fingerprint density at radius 3 is 2.42 bits per heavy atom. The Morgan fingerprint density at radius 1 is 1.06 bits per heavy atom. The van der Waals surface area contributed by atoms with Gasteiger partial charge >= 0.3 is 0 Å². The van der Waals surface area contributed by atoms with E-state index in [1.54, 1.807) is 39.5 Å². The van der Waals surface area contributed by atoms with E-state index in [-0.39, 0.29) is 5.91 Å². The molecule has 2 aromatic carbocycles. The molecule has 36 heavy (non-hydrogen) atoms. The molecule has 0 bridgehead atoms. The minimum absolute atomic E-state index is 0.301. The van der Waals surface area contributed by atoms with E-state index in [2.05, 4.69) is 20.4 Å². The largest absolute Gasteiger partial charge is 0.497 e. The summed E-state index contributed by atoms with van der Waals surface area (Å²) >= 11 is 0. The number of pyridine rings is 1. The molecular formula is C27H25N5O4. The smallest absolute Gasteiger partial charge is 0.259 e. The highest BCUT2D eigenvalue weighted by molar-refractivity contribution is 6.07. The third kappa shape index (κ3) is 4.26. The van der Waals surface area contributed by atoms with E-state index in [9.17, 15) is 4.79 Å². The van der Waals surface area contributed by atoms with Crippen molar-refractivity contribution in [2.45, 2.75) is 13.0 Å². The summed E-state index contributed by atoms with van der Waals surface area (Å²) in [7, 11) is 5.04. The van der Waals surface area contributed by atoms with Gasteiger partial charge in [0, 0.05) is 31.1 Å². The van der Waals surface area contributed by atoms with Gasteiger partial charge in [0.1, 0.15) is 23.4 Å². The molecule has 5 rings (SSSR count). The van der Waals surface area contributed by atoms with Crippen LogP contribution in [0.2, 0.25) is 0 Å². The molecule has 0 saturated carbocycles. The van der Waals surface area contributed by atoms with Crippen molar-refractivity contribution in [2.24, 2.45) is 7.05 Å². The van der Waals surface area contributed by atoms with E-state index in [1.807, 2.05) is 60.3 Å². The maximum Gasteiger partial charge on any atom is 0.259 e. The summed E-state index contributed by atoms with van der Waals surface area (Å²) in [5, 5.41) is 7.77. The summed E-state index contributed by atoms with van der Waals surface area (Å²) in [6.07, 6.45) is 3.52. The van der Waals surface area contributed by atoms with Crippen molar-refractivity contribution in [1.29, 1.82) is 0 Å². The van der Waals surface area contributed by atoms with E-state index in [1.165, 1.54) is 0 Å². The van der Waals surface area contributed by atoms with Crippen LogP contribution in [0.1, 0.15) is 33.5 Å². The molecule has 1 atom stereocenters. The number of hydrogen-bond donors (Lipinski definition) is 1. The molecule has 0 aliphatic carbocycles. The maximum atomic E-state index is 13.9. The summed E-state index contributed by atoms with van der Waals surface area (Å²) in [5.74, 6) is 1.53. The molecule has 0 radical (unpaired) electrons. The van der Waals surface area contributed by atoms with Crippen molar-refractivity contribution < 1.29 is 18.8 Å². The van der Waals surface area contributed by atoms with E-state index in [4.69, 9.17) is 14.0 Å². The first-order chi connectivity index (χ1) is 17.5. The predicted octanol–water partition coefficient (Wildman–Crippen LogP) is 4.47. The van der Waals surface area contributed by atoms with Crippen molar-refractivity contribution in [3.05, 3.63) is 89.6 Å². The van der Waals surface area contributed by atoms with Gasteiger partial charge in [-0.1, -0.05) is 35.5 Å². The number of fused-ring (bicyclic) bond motifs is 1. The number of amides is 1. The fraction of sp³-hybridized carbons (Fsp3) is 0.185. The van der Waals surface area contributed by atoms with Crippen LogP contribution in [-0.4, -0.2) is 39.8 Å². The number of aromatic nitrogens is 4. The molecule has 0 spiro atoms. The van der Waals surface area contributed by atoms with E-state index >= 15 is 0 Å². The van der Waals surface area contributed by atoms with Gasteiger partial charge in [-0.05, 0) is 30.7 Å². The van der Waals surface area contributed by atoms with Crippen molar-refractivity contribution in [2.75, 3.05) is 14.2 Å². The molecule has 1 amide bonds. The number of nitrogens with zero attached hydrogens (tertiary/aromatic N) is 4. The number of imidazole rings is 1. The van der Waals surface area contributed by atoms with Gasteiger partial charge in [-0.2, -0.15) is 0 Å². The van der Waals surface area contributed by atoms with Gasteiger partial charge in [-0.25, -0.2) is 9.97 Å². The molecule has 5 aromatic rings. The Kier molecular flexibility index (Phi) is 6.12. The molecular weight excluding hydrogens is 458 g/mol. The Balaban J connectivity index is 1.62. The minimum atomic E-state index is -0.593. The average Bonchev–Trinajstić information content (AvgIpc) is 3.51. The van der Waals surface area contributed by atoms with Gasteiger partial charge in [0.15, 0.2) is 0 Å². The van der Waals surface area contributed by atoms with Crippen molar-refractivity contribution >= 4 is 17.0 Å². The Labute approximate surface area is 207 Å². The Bertz CT molecular complexity index is 1520. The van der Waals surface area contributed by atoms with E-state index in [0.717, 1.165) is 11.1 Å². The fourth-order valence-electron chi connectivity index (χ4n) is 4.19. The Morgan fingerprint density at radius 2 is 1.78 bits per heavy atom. The van der Waals surface area contributed by atoms with Crippen LogP contribution in [0.25, 0.3) is 22.4 Å². The van der Waals surface area contributed by atoms with Crippen LogP contribution in [-0.2, 0) is 7.05 Å². The van der Waals surface area contributed by atoms with Crippen molar-refractivity contribution in [3.63, 3.8) is 0 Å². The molecule has 3 aromatic heterocycles. The molecule has 0 saturated heterocycles. The standard InChI is InChI=1S/C27H25N5O4/c1-16-23-21(15-22(29-27(23)36-31-16)17-8-6-5-7-9-17)26(33)30-24(25-28-10-11-32(25)2)18-12-19(34-3)14-20(13-18)35-4/h5-15,24H,1-4H3,(H,30,33). The molecule has 9 nitrogen and oxygen atoms in total. The minimum Gasteiger partial charge on any atom is -0.497 e. The highest BCUT2D eigenvalue weighted by atomic mass is 16.5. The van der Waals surface area contributed by atoms with Gasteiger partial charge in [0.2, 0.25) is 0 Å². The molecule has 0 fully saturated rings. The lowest BCUT2D eigenvalue weighted by Crippen LogP contribution is -2.31. The molecule has 9 heteroatoms. The van der Waals surface area contributed by atoms with Gasteiger partial charge < -0.3 is 23.9 Å². The van der Waals surface area contributed by atoms with Gasteiger partial charge in [0.25, 0.3) is 11.6 Å². The molecule has 3 heterocycles. The van der Waals surface area contributed by atoms with Gasteiger partial charge in [-0.3, -0.25) is 4.79 Å². The highest BCUT2D eigenvalue weighted by Crippen LogP contribution is 2.31. The zero-order valence-corrected chi connectivity index (χ0v) is 20.4. The summed E-state index contributed by atoms with van der Waals surface area (Å²) < 4.78 is 18.2. The lowest BCUT2D eigenvalue weighted by atomic mass is 10.0. The molecule has 0 aliphatic rings. The maximum absolute atomic E-state index is 13.9. The van der Waals surface area contributed by atoms with Crippen LogP contribution < -0.4 is 14.8 Å². The first-order valence-corrected chi connectivity index (χ1v) is 11.3. The molecule has 1 unspecified atom stereocenters. The van der Waals surface area contributed by atoms with Crippen molar-refractivity contribution in [1.82, 2.24) is 25.0 Å². The highest BCUT2D eigenvalue weighted by Gasteiger charge is 2.26. The predicted molar refractivity (Wildman–Crippen MR) is 134 cm³/mol. The lowest BCUT2D eigenvalue weighted by Gasteiger charge is -2.21. The van der Waals surface area contributed by atoms with E-state index < -0.39 is 6.04 Å². The third-order valence-electron chi connectivity index (χ3n) is 6.03. The second kappa shape index (κ2) is 9.53. The van der Waals surface area contributed by atoms with Crippen LogP contribution in [0.3, 0.4) is 0 Å². The third-order valence-corrected chi connectivity index (χ3v) is 6.03. The average molecular weight is 484 g/mol. The monoisotopic (exact) mass is 483 g/mol. The SMILES string of the molecule is COc1cc(OC)cc(C(NC(=O)c2cc(-c3ccccc3)nc3onc(C)c23)c2nccn2C)c1.